The first-order chi connectivity index (χ1) is 13.3. The van der Waals surface area contributed by atoms with Crippen LogP contribution in [-0.4, -0.2) is 39.6 Å². The number of piperidine rings is 1. The Bertz CT molecular complexity index is 862. The Morgan fingerprint density at radius 1 is 1.29 bits per heavy atom. The minimum atomic E-state index is -0.216. The van der Waals surface area contributed by atoms with Gasteiger partial charge in [-0.1, -0.05) is 23.7 Å². The number of aromatic nitrogens is 2. The molecule has 0 spiro atoms. The molecule has 1 saturated heterocycles. The average molecular weight is 404 g/mol. The van der Waals surface area contributed by atoms with Crippen LogP contribution in [0.5, 0.6) is 0 Å². The summed E-state index contributed by atoms with van der Waals surface area (Å²) in [6.07, 6.45) is 1.86. The number of nitrogens with zero attached hydrogens (tertiary/aromatic N) is 3. The molecule has 2 amide bonds. The number of likely N-dealkylation sites (tertiary alicyclic amines) is 1. The summed E-state index contributed by atoms with van der Waals surface area (Å²) in [7, 11) is 0. The maximum atomic E-state index is 12.3. The van der Waals surface area contributed by atoms with Gasteiger partial charge in [-0.2, -0.15) is 5.10 Å². The van der Waals surface area contributed by atoms with Crippen molar-refractivity contribution in [2.24, 2.45) is 11.7 Å². The first-order valence-electron chi connectivity index (χ1n) is 9.43. The van der Waals surface area contributed by atoms with E-state index in [1.807, 2.05) is 38.1 Å². The number of nitrogens with one attached hydrogen (secondary N) is 1. The Morgan fingerprint density at radius 3 is 2.61 bits per heavy atom. The van der Waals surface area contributed by atoms with Gasteiger partial charge in [-0.25, -0.2) is 0 Å². The van der Waals surface area contributed by atoms with Crippen LogP contribution in [0, 0.1) is 19.8 Å². The van der Waals surface area contributed by atoms with Crippen LogP contribution in [0.25, 0.3) is 0 Å². The van der Waals surface area contributed by atoms with E-state index >= 15 is 0 Å². The van der Waals surface area contributed by atoms with Gasteiger partial charge in [-0.05, 0) is 50.9 Å². The summed E-state index contributed by atoms with van der Waals surface area (Å²) < 4.78 is 1.60. The number of carbonyl (C=O) groups excluding carboxylic acids is 2. The van der Waals surface area contributed by atoms with Crippen molar-refractivity contribution in [1.29, 1.82) is 0 Å². The number of carbonyl (C=O) groups is 2. The summed E-state index contributed by atoms with van der Waals surface area (Å²) in [5.41, 5.74) is 8.80. The molecule has 1 aliphatic rings. The van der Waals surface area contributed by atoms with Gasteiger partial charge < -0.3 is 11.1 Å². The second-order valence-corrected chi connectivity index (χ2v) is 7.74. The molecule has 1 aromatic heterocycles. The van der Waals surface area contributed by atoms with E-state index in [2.05, 4.69) is 15.3 Å². The zero-order valence-corrected chi connectivity index (χ0v) is 17.0. The van der Waals surface area contributed by atoms with Gasteiger partial charge in [0.1, 0.15) is 6.54 Å². The van der Waals surface area contributed by atoms with E-state index in [1.165, 1.54) is 0 Å². The fourth-order valence-corrected chi connectivity index (χ4v) is 3.68. The predicted octanol–water partition coefficient (Wildman–Crippen LogP) is 2.49. The number of halogens is 1. The smallest absolute Gasteiger partial charge is 0.246 e. The molecule has 150 valence electrons. The average Bonchev–Trinajstić information content (AvgIpc) is 2.90. The maximum absolute atomic E-state index is 12.3. The second kappa shape index (κ2) is 8.75. The van der Waals surface area contributed by atoms with Crippen LogP contribution in [-0.2, 0) is 22.7 Å². The standard InChI is InChI=1S/C20H26ClN5O2/c1-13-19(21)14(2)26(24-13)12-18(27)23-17-7-5-15(6-8-17)10-25-9-3-4-16(11-25)20(22)28/h5-8,16H,3-4,9-12H2,1-2H3,(H2,22,28)(H,23,27). The van der Waals surface area contributed by atoms with Crippen molar-refractivity contribution in [3.63, 3.8) is 0 Å². The van der Waals surface area contributed by atoms with Crippen LogP contribution in [0.4, 0.5) is 5.69 Å². The Kier molecular flexibility index (Phi) is 6.36. The third-order valence-electron chi connectivity index (χ3n) is 5.14. The molecule has 2 heterocycles. The fraction of sp³-hybridized carbons (Fsp3) is 0.450. The zero-order chi connectivity index (χ0) is 20.3. The fourth-order valence-electron chi connectivity index (χ4n) is 3.55. The molecule has 1 aliphatic heterocycles. The number of aryl methyl sites for hydroxylation is 1. The Morgan fingerprint density at radius 2 is 2.00 bits per heavy atom. The molecular weight excluding hydrogens is 378 g/mol. The number of anilines is 1. The first-order valence-corrected chi connectivity index (χ1v) is 9.81. The molecule has 1 fully saturated rings. The maximum Gasteiger partial charge on any atom is 0.246 e. The van der Waals surface area contributed by atoms with Crippen LogP contribution in [0.3, 0.4) is 0 Å². The lowest BCUT2D eigenvalue weighted by Crippen LogP contribution is -2.40. The summed E-state index contributed by atoms with van der Waals surface area (Å²) in [6, 6.07) is 7.75. The summed E-state index contributed by atoms with van der Waals surface area (Å²) in [6.45, 7) is 6.21. The number of rotatable bonds is 6. The number of hydrogen-bond acceptors (Lipinski definition) is 4. The highest BCUT2D eigenvalue weighted by Gasteiger charge is 2.23. The molecule has 0 bridgehead atoms. The van der Waals surface area contributed by atoms with Gasteiger partial charge in [-0.15, -0.1) is 0 Å². The largest absolute Gasteiger partial charge is 0.369 e. The van der Waals surface area contributed by atoms with Gasteiger partial charge in [0, 0.05) is 18.8 Å². The van der Waals surface area contributed by atoms with Crippen LogP contribution < -0.4 is 11.1 Å². The van der Waals surface area contributed by atoms with Gasteiger partial charge in [0.25, 0.3) is 0 Å². The molecule has 28 heavy (non-hydrogen) atoms. The topological polar surface area (TPSA) is 93.2 Å². The van der Waals surface area contributed by atoms with Crippen molar-refractivity contribution >= 4 is 29.1 Å². The summed E-state index contributed by atoms with van der Waals surface area (Å²) in [4.78, 5) is 26.0. The van der Waals surface area contributed by atoms with Gasteiger partial charge >= 0.3 is 0 Å². The Balaban J connectivity index is 1.54. The minimum Gasteiger partial charge on any atom is -0.369 e. The summed E-state index contributed by atoms with van der Waals surface area (Å²) in [5.74, 6) is -0.433. The van der Waals surface area contributed by atoms with E-state index in [0.717, 1.165) is 42.9 Å². The van der Waals surface area contributed by atoms with Crippen LogP contribution in [0.15, 0.2) is 24.3 Å². The van der Waals surface area contributed by atoms with E-state index in [-0.39, 0.29) is 24.3 Å². The van der Waals surface area contributed by atoms with Crippen molar-refractivity contribution in [3.8, 4) is 0 Å². The number of amides is 2. The lowest BCUT2D eigenvalue weighted by molar-refractivity contribution is -0.123. The van der Waals surface area contributed by atoms with Crippen molar-refractivity contribution in [2.45, 2.75) is 39.8 Å². The van der Waals surface area contributed by atoms with Gasteiger partial charge in [0.2, 0.25) is 11.8 Å². The molecule has 1 aromatic carbocycles. The van der Waals surface area contributed by atoms with Gasteiger partial charge in [-0.3, -0.25) is 19.2 Å². The number of primary amides is 1. The normalized spacial score (nSPS) is 17.5. The van der Waals surface area contributed by atoms with Crippen LogP contribution in [0.1, 0.15) is 29.8 Å². The molecule has 0 saturated carbocycles. The SMILES string of the molecule is Cc1nn(CC(=O)Nc2ccc(CN3CCCC(C(N)=O)C3)cc2)c(C)c1Cl. The molecule has 2 aromatic rings. The Hall–Kier alpha value is -2.38. The van der Waals surface area contributed by atoms with E-state index in [9.17, 15) is 9.59 Å². The monoisotopic (exact) mass is 403 g/mol. The molecule has 3 N–H and O–H groups in total. The van der Waals surface area contributed by atoms with E-state index in [0.29, 0.717) is 17.3 Å². The molecule has 1 atom stereocenters. The second-order valence-electron chi connectivity index (χ2n) is 7.36. The molecule has 0 radical (unpaired) electrons. The highest BCUT2D eigenvalue weighted by Crippen LogP contribution is 2.20. The highest BCUT2D eigenvalue weighted by molar-refractivity contribution is 6.31. The molecule has 0 aliphatic carbocycles. The van der Waals surface area contributed by atoms with Crippen molar-refractivity contribution in [2.75, 3.05) is 18.4 Å². The van der Waals surface area contributed by atoms with Crippen molar-refractivity contribution < 1.29 is 9.59 Å². The van der Waals surface area contributed by atoms with E-state index in [4.69, 9.17) is 17.3 Å². The lowest BCUT2D eigenvalue weighted by Gasteiger charge is -2.31. The highest BCUT2D eigenvalue weighted by atomic mass is 35.5. The van der Waals surface area contributed by atoms with Crippen LogP contribution >= 0.6 is 11.6 Å². The minimum absolute atomic E-state index is 0.0600. The molecule has 7 nitrogen and oxygen atoms in total. The summed E-state index contributed by atoms with van der Waals surface area (Å²) >= 11 is 6.12. The number of nitrogens with two attached hydrogens (primary N) is 1. The molecule has 3 rings (SSSR count). The zero-order valence-electron chi connectivity index (χ0n) is 16.2. The summed E-state index contributed by atoms with van der Waals surface area (Å²) in [5, 5.41) is 7.75. The van der Waals surface area contributed by atoms with Crippen molar-refractivity contribution in [1.82, 2.24) is 14.7 Å². The van der Waals surface area contributed by atoms with Gasteiger partial charge in [0.05, 0.1) is 22.3 Å². The van der Waals surface area contributed by atoms with Gasteiger partial charge in [0.15, 0.2) is 0 Å². The van der Waals surface area contributed by atoms with Crippen molar-refractivity contribution in [3.05, 3.63) is 46.2 Å². The third kappa shape index (κ3) is 4.91. The Labute approximate surface area is 169 Å². The van der Waals surface area contributed by atoms with E-state index < -0.39 is 0 Å². The lowest BCUT2D eigenvalue weighted by atomic mass is 9.97. The molecule has 1 unspecified atom stereocenters. The number of benzene rings is 1. The van der Waals surface area contributed by atoms with E-state index in [1.54, 1.807) is 4.68 Å². The predicted molar refractivity (Wildman–Crippen MR) is 109 cm³/mol. The quantitative estimate of drug-likeness (QED) is 0.774. The first kappa shape index (κ1) is 20.4. The van der Waals surface area contributed by atoms with Crippen LogP contribution in [0.2, 0.25) is 5.02 Å². The third-order valence-corrected chi connectivity index (χ3v) is 5.69. The molecule has 8 heteroatoms. The number of hydrogen-bond donors (Lipinski definition) is 2. The molecular formula is C20H26ClN5O2.